The van der Waals surface area contributed by atoms with Gasteiger partial charge in [0.15, 0.2) is 5.65 Å². The first-order valence-corrected chi connectivity index (χ1v) is 8.13. The largest absolute Gasteiger partial charge is 0.496 e. The first-order valence-electron chi connectivity index (χ1n) is 7.75. The van der Waals surface area contributed by atoms with E-state index >= 15 is 0 Å². The average Bonchev–Trinajstić information content (AvgIpc) is 3.05. The molecule has 0 aliphatic heterocycles. The predicted molar refractivity (Wildman–Crippen MR) is 99.7 cm³/mol. The van der Waals surface area contributed by atoms with E-state index in [0.29, 0.717) is 10.8 Å². The van der Waals surface area contributed by atoms with Crippen LogP contribution in [0.15, 0.2) is 67.0 Å². The smallest absolute Gasteiger partial charge is 0.165 e. The second-order valence-corrected chi connectivity index (χ2v) is 5.91. The highest BCUT2D eigenvalue weighted by atomic mass is 35.5. The molecule has 0 bridgehead atoms. The minimum absolute atomic E-state index is 0.671. The normalized spacial score (nSPS) is 10.8. The average molecular weight is 351 g/mol. The molecule has 0 aliphatic carbocycles. The van der Waals surface area contributed by atoms with Gasteiger partial charge in [0.1, 0.15) is 11.6 Å². The number of hydrogen-bond acceptors (Lipinski definition) is 4. The topological polar surface area (TPSA) is 51.5 Å². The number of para-hydroxylation sites is 1. The molecule has 0 amide bonds. The van der Waals surface area contributed by atoms with Crippen molar-refractivity contribution in [3.05, 3.63) is 72.0 Å². The number of fused-ring (bicyclic) bond motifs is 1. The molecular weight excluding hydrogens is 336 g/mol. The Labute approximate surface area is 149 Å². The third-order valence-corrected chi connectivity index (χ3v) is 4.10. The Morgan fingerprint density at radius 2 is 1.92 bits per heavy atom. The Morgan fingerprint density at radius 1 is 1.04 bits per heavy atom. The molecule has 2 aromatic heterocycles. The van der Waals surface area contributed by atoms with Gasteiger partial charge in [-0.05, 0) is 30.3 Å². The minimum atomic E-state index is 0.671. The summed E-state index contributed by atoms with van der Waals surface area (Å²) in [4.78, 5) is 4.70. The molecule has 0 spiro atoms. The first kappa shape index (κ1) is 15.5. The number of anilines is 2. The molecule has 4 rings (SSSR count). The van der Waals surface area contributed by atoms with E-state index in [-0.39, 0.29) is 0 Å². The molecule has 0 atom stereocenters. The maximum atomic E-state index is 6.04. The van der Waals surface area contributed by atoms with Gasteiger partial charge in [-0.25, -0.2) is 9.50 Å². The quantitative estimate of drug-likeness (QED) is 0.574. The van der Waals surface area contributed by atoms with Gasteiger partial charge < -0.3 is 10.1 Å². The van der Waals surface area contributed by atoms with Gasteiger partial charge in [0.2, 0.25) is 0 Å². The monoisotopic (exact) mass is 350 g/mol. The highest BCUT2D eigenvalue weighted by Gasteiger charge is 2.13. The molecule has 2 heterocycles. The van der Waals surface area contributed by atoms with Crippen molar-refractivity contribution < 1.29 is 4.74 Å². The Bertz CT molecular complexity index is 1040. The molecule has 25 heavy (non-hydrogen) atoms. The number of methoxy groups -OCH3 is 1. The maximum absolute atomic E-state index is 6.04. The van der Waals surface area contributed by atoms with E-state index in [1.807, 2.05) is 60.8 Å². The van der Waals surface area contributed by atoms with Gasteiger partial charge in [-0.1, -0.05) is 35.9 Å². The SMILES string of the molecule is COc1ccccc1-c1cnn2ccc(Nc3cccc(Cl)c3)nc12. The Morgan fingerprint density at radius 3 is 2.76 bits per heavy atom. The third-order valence-electron chi connectivity index (χ3n) is 3.86. The number of nitrogens with one attached hydrogen (secondary N) is 1. The first-order chi connectivity index (χ1) is 12.2. The zero-order valence-electron chi connectivity index (χ0n) is 13.5. The molecule has 4 aromatic rings. The lowest BCUT2D eigenvalue weighted by molar-refractivity contribution is 0.416. The van der Waals surface area contributed by atoms with E-state index in [9.17, 15) is 0 Å². The van der Waals surface area contributed by atoms with E-state index in [2.05, 4.69) is 10.4 Å². The van der Waals surface area contributed by atoms with E-state index in [1.54, 1.807) is 17.8 Å². The van der Waals surface area contributed by atoms with Gasteiger partial charge in [0.05, 0.1) is 18.9 Å². The van der Waals surface area contributed by atoms with Crippen molar-refractivity contribution in [1.29, 1.82) is 0 Å². The van der Waals surface area contributed by atoms with Crippen molar-refractivity contribution in [2.45, 2.75) is 0 Å². The van der Waals surface area contributed by atoms with Crippen LogP contribution in [0.5, 0.6) is 5.75 Å². The van der Waals surface area contributed by atoms with Crippen LogP contribution in [0.3, 0.4) is 0 Å². The second kappa shape index (κ2) is 6.45. The van der Waals surface area contributed by atoms with Crippen molar-refractivity contribution in [1.82, 2.24) is 14.6 Å². The molecule has 124 valence electrons. The number of aromatic nitrogens is 3. The van der Waals surface area contributed by atoms with Gasteiger partial charge in [0, 0.05) is 22.5 Å². The number of rotatable bonds is 4. The molecule has 1 N–H and O–H groups in total. The van der Waals surface area contributed by atoms with E-state index in [1.165, 1.54) is 0 Å². The van der Waals surface area contributed by atoms with Gasteiger partial charge in [-0.15, -0.1) is 0 Å². The molecule has 6 heteroatoms. The zero-order valence-corrected chi connectivity index (χ0v) is 14.2. The summed E-state index contributed by atoms with van der Waals surface area (Å²) in [6.07, 6.45) is 3.66. The summed E-state index contributed by atoms with van der Waals surface area (Å²) in [6, 6.07) is 17.2. The van der Waals surface area contributed by atoms with Crippen LogP contribution < -0.4 is 10.1 Å². The lowest BCUT2D eigenvalue weighted by Crippen LogP contribution is -1.97. The van der Waals surface area contributed by atoms with Crippen LogP contribution in [0.2, 0.25) is 5.02 Å². The Kier molecular flexibility index (Phi) is 3.99. The number of benzene rings is 2. The van der Waals surface area contributed by atoms with Gasteiger partial charge in [-0.3, -0.25) is 0 Å². The maximum Gasteiger partial charge on any atom is 0.165 e. The highest BCUT2D eigenvalue weighted by molar-refractivity contribution is 6.30. The third kappa shape index (κ3) is 3.02. The van der Waals surface area contributed by atoms with E-state index in [4.69, 9.17) is 21.3 Å². The summed E-state index contributed by atoms with van der Waals surface area (Å²) < 4.78 is 7.20. The van der Waals surface area contributed by atoms with Crippen LogP contribution in [-0.2, 0) is 0 Å². The lowest BCUT2D eigenvalue weighted by Gasteiger charge is -2.08. The molecule has 0 aliphatic rings. The van der Waals surface area contributed by atoms with Crippen LogP contribution >= 0.6 is 11.6 Å². The lowest BCUT2D eigenvalue weighted by atomic mass is 10.1. The molecule has 0 fully saturated rings. The summed E-state index contributed by atoms with van der Waals surface area (Å²) in [7, 11) is 1.66. The van der Waals surface area contributed by atoms with E-state index < -0.39 is 0 Å². The minimum Gasteiger partial charge on any atom is -0.496 e. The van der Waals surface area contributed by atoms with Gasteiger partial charge in [0.25, 0.3) is 0 Å². The summed E-state index contributed by atoms with van der Waals surface area (Å²) in [5.74, 6) is 1.50. The number of halogens is 1. The Hall–Kier alpha value is -3.05. The molecule has 0 saturated carbocycles. The number of hydrogen-bond donors (Lipinski definition) is 1. The summed E-state index contributed by atoms with van der Waals surface area (Å²) >= 11 is 6.04. The van der Waals surface area contributed by atoms with Crippen LogP contribution in [0, 0.1) is 0 Å². The predicted octanol–water partition coefficient (Wildman–Crippen LogP) is 4.80. The number of ether oxygens (including phenoxy) is 1. The molecule has 0 radical (unpaired) electrons. The molecule has 0 unspecified atom stereocenters. The van der Waals surface area contributed by atoms with Crippen molar-refractivity contribution in [3.8, 4) is 16.9 Å². The van der Waals surface area contributed by atoms with Crippen LogP contribution in [-0.4, -0.2) is 21.7 Å². The van der Waals surface area contributed by atoms with Crippen molar-refractivity contribution >= 4 is 28.8 Å². The summed E-state index contributed by atoms with van der Waals surface area (Å²) in [5.41, 5.74) is 3.49. The summed E-state index contributed by atoms with van der Waals surface area (Å²) in [5, 5.41) is 8.32. The van der Waals surface area contributed by atoms with Crippen LogP contribution in [0.1, 0.15) is 0 Å². The summed E-state index contributed by atoms with van der Waals surface area (Å²) in [6.45, 7) is 0. The molecule has 2 aromatic carbocycles. The standard InChI is InChI=1S/C19H15ClN4O/c1-25-17-8-3-2-7-15(17)16-12-21-24-10-9-18(23-19(16)24)22-14-6-4-5-13(20)11-14/h2-12H,1H3,(H,22,23). The second-order valence-electron chi connectivity index (χ2n) is 5.47. The highest BCUT2D eigenvalue weighted by Crippen LogP contribution is 2.32. The van der Waals surface area contributed by atoms with Crippen LogP contribution in [0.25, 0.3) is 16.8 Å². The molecule has 5 nitrogen and oxygen atoms in total. The van der Waals surface area contributed by atoms with E-state index in [0.717, 1.165) is 28.2 Å². The van der Waals surface area contributed by atoms with Gasteiger partial charge >= 0.3 is 0 Å². The fraction of sp³-hybridized carbons (Fsp3) is 0.0526. The molecular formula is C19H15ClN4O. The van der Waals surface area contributed by atoms with Gasteiger partial charge in [-0.2, -0.15) is 5.10 Å². The van der Waals surface area contributed by atoms with Crippen molar-refractivity contribution in [2.75, 3.05) is 12.4 Å². The van der Waals surface area contributed by atoms with Crippen LogP contribution in [0.4, 0.5) is 11.5 Å². The van der Waals surface area contributed by atoms with Crippen molar-refractivity contribution in [3.63, 3.8) is 0 Å². The molecule has 0 saturated heterocycles. The Balaban J connectivity index is 1.77. The number of nitrogens with zero attached hydrogens (tertiary/aromatic N) is 3. The fourth-order valence-corrected chi connectivity index (χ4v) is 2.90. The fourth-order valence-electron chi connectivity index (χ4n) is 2.71. The van der Waals surface area contributed by atoms with Crippen molar-refractivity contribution in [2.24, 2.45) is 0 Å². The zero-order chi connectivity index (χ0) is 17.2.